The number of nitrogens with zero attached hydrogens (tertiary/aromatic N) is 3. The Morgan fingerprint density at radius 2 is 1.12 bits per heavy atom. The zero-order valence-corrected chi connectivity index (χ0v) is 28.3. The monoisotopic (exact) mass is 665 g/mol. The van der Waals surface area contributed by atoms with E-state index in [9.17, 15) is 0 Å². The average Bonchev–Trinajstić information content (AvgIpc) is 3.62. The summed E-state index contributed by atoms with van der Waals surface area (Å²) >= 11 is 0. The quantitative estimate of drug-likeness (QED) is 0.142. The molecule has 244 valence electrons. The first-order valence-corrected chi connectivity index (χ1v) is 17.7. The van der Waals surface area contributed by atoms with E-state index < -0.39 is 0 Å². The summed E-state index contributed by atoms with van der Waals surface area (Å²) in [5.41, 5.74) is 10.5. The predicted molar refractivity (Wildman–Crippen MR) is 216 cm³/mol. The molecule has 1 N–H and O–H groups in total. The summed E-state index contributed by atoms with van der Waals surface area (Å²) in [7, 11) is 0. The van der Waals surface area contributed by atoms with Crippen molar-refractivity contribution in [2.24, 2.45) is 0 Å². The van der Waals surface area contributed by atoms with Crippen molar-refractivity contribution in [3.05, 3.63) is 194 Å². The summed E-state index contributed by atoms with van der Waals surface area (Å²) in [6, 6.07) is 68.7. The number of hydrogen-bond acceptors (Lipinski definition) is 2. The summed E-state index contributed by atoms with van der Waals surface area (Å²) in [6.07, 6.45) is 0. The van der Waals surface area contributed by atoms with E-state index in [4.69, 9.17) is 4.98 Å². The number of nitrogens with one attached hydrogen (secondary N) is 1. The minimum absolute atomic E-state index is 0.949. The second-order valence-electron chi connectivity index (χ2n) is 13.1. The fourth-order valence-electron chi connectivity index (χ4n) is 7.70. The number of rotatable bonds is 6. The Bertz CT molecular complexity index is 2860. The molecular weight excluding hydrogens is 633 g/mol. The van der Waals surface area contributed by atoms with Gasteiger partial charge in [0, 0.05) is 33.1 Å². The van der Waals surface area contributed by atoms with E-state index >= 15 is 0 Å². The fourth-order valence-corrected chi connectivity index (χ4v) is 7.70. The second kappa shape index (κ2) is 12.4. The molecule has 8 aromatic carbocycles. The number of imidazole rings is 1. The van der Waals surface area contributed by atoms with Crippen LogP contribution >= 0.6 is 0 Å². The zero-order valence-electron chi connectivity index (χ0n) is 28.3. The van der Waals surface area contributed by atoms with Crippen LogP contribution in [0.5, 0.6) is 0 Å². The van der Waals surface area contributed by atoms with E-state index in [0.717, 1.165) is 72.7 Å². The normalized spacial score (nSPS) is 11.5. The van der Waals surface area contributed by atoms with Gasteiger partial charge in [-0.3, -0.25) is 0 Å². The largest absolute Gasteiger partial charge is 0.308 e. The van der Waals surface area contributed by atoms with Gasteiger partial charge >= 0.3 is 0 Å². The van der Waals surface area contributed by atoms with Crippen LogP contribution in [0, 0.1) is 0 Å². The van der Waals surface area contributed by atoms with Crippen molar-refractivity contribution in [2.45, 2.75) is 0 Å². The van der Waals surface area contributed by atoms with E-state index in [-0.39, 0.29) is 0 Å². The Kier molecular flexibility index (Phi) is 7.10. The summed E-state index contributed by atoms with van der Waals surface area (Å²) < 4.78 is 2.31. The Morgan fingerprint density at radius 1 is 0.481 bits per heavy atom. The Labute approximate surface area is 301 Å². The SMILES string of the molecule is c1ccc(N(c2ccccc2)c2cccc3c2nc(-c2cccc(-c4[nH]c5ccccc5[n+]4-c4ccccc4)c2)c2ccc4ccccc4c23)cc1. The molecule has 0 fully saturated rings. The van der Waals surface area contributed by atoms with Crippen LogP contribution in [0.15, 0.2) is 194 Å². The maximum Gasteiger partial charge on any atom is 0.292 e. The van der Waals surface area contributed by atoms with Gasteiger partial charge < -0.3 is 4.90 Å². The van der Waals surface area contributed by atoms with Crippen LogP contribution in [0.4, 0.5) is 17.1 Å². The van der Waals surface area contributed by atoms with E-state index in [1.807, 2.05) is 0 Å². The highest BCUT2D eigenvalue weighted by Gasteiger charge is 2.24. The Morgan fingerprint density at radius 3 is 1.90 bits per heavy atom. The van der Waals surface area contributed by atoms with Crippen molar-refractivity contribution in [2.75, 3.05) is 4.90 Å². The third-order valence-corrected chi connectivity index (χ3v) is 10.0. The summed E-state index contributed by atoms with van der Waals surface area (Å²) in [6.45, 7) is 0. The van der Waals surface area contributed by atoms with Crippen LogP contribution in [-0.2, 0) is 0 Å². The molecule has 0 saturated carbocycles. The van der Waals surface area contributed by atoms with Crippen molar-refractivity contribution < 1.29 is 4.57 Å². The van der Waals surface area contributed by atoms with E-state index in [1.54, 1.807) is 0 Å². The number of hydrogen-bond donors (Lipinski definition) is 1. The molecule has 0 aliphatic carbocycles. The smallest absolute Gasteiger partial charge is 0.292 e. The van der Waals surface area contributed by atoms with Gasteiger partial charge in [-0.25, -0.2) is 9.97 Å². The summed E-state index contributed by atoms with van der Waals surface area (Å²) in [5.74, 6) is 1.02. The molecule has 0 bridgehead atoms. The average molecular weight is 666 g/mol. The van der Waals surface area contributed by atoms with Gasteiger partial charge in [-0.1, -0.05) is 127 Å². The van der Waals surface area contributed by atoms with Gasteiger partial charge in [-0.2, -0.15) is 4.57 Å². The van der Waals surface area contributed by atoms with Crippen molar-refractivity contribution in [3.8, 4) is 28.3 Å². The third kappa shape index (κ3) is 4.92. The standard InChI is InChI=1S/C48H32N4/c1-4-19-36(20-5-1)51(37-21-6-2-7-22-37)44-29-15-26-40-45-39-25-11-10-16-33(39)30-31-41(45)46(50-47(40)44)34-17-14-18-35(32-34)48-49-42-27-12-13-28-43(42)52(48)38-23-8-3-9-24-38/h1-32H/p+1. The molecule has 10 aromatic rings. The maximum absolute atomic E-state index is 5.65. The Balaban J connectivity index is 1.27. The zero-order chi connectivity index (χ0) is 34.4. The van der Waals surface area contributed by atoms with Crippen LogP contribution < -0.4 is 9.47 Å². The number of anilines is 3. The first-order valence-electron chi connectivity index (χ1n) is 17.7. The molecule has 0 radical (unpaired) electrons. The first-order chi connectivity index (χ1) is 25.8. The van der Waals surface area contributed by atoms with E-state index in [2.05, 4.69) is 209 Å². The number of benzene rings is 8. The molecule has 0 aliphatic rings. The molecule has 0 saturated heterocycles. The van der Waals surface area contributed by atoms with Crippen LogP contribution in [0.3, 0.4) is 0 Å². The van der Waals surface area contributed by atoms with Crippen LogP contribution in [0.25, 0.3) is 71.8 Å². The molecular formula is C48H33N4+. The lowest BCUT2D eigenvalue weighted by Gasteiger charge is -2.27. The lowest BCUT2D eigenvalue weighted by molar-refractivity contribution is -0.554. The molecule has 0 unspecified atom stereocenters. The van der Waals surface area contributed by atoms with Gasteiger partial charge in [0.05, 0.1) is 22.5 Å². The fraction of sp³-hybridized carbons (Fsp3) is 0. The molecule has 52 heavy (non-hydrogen) atoms. The van der Waals surface area contributed by atoms with Crippen LogP contribution in [0.1, 0.15) is 0 Å². The lowest BCUT2D eigenvalue weighted by Crippen LogP contribution is -2.31. The first kappa shape index (κ1) is 29.8. The minimum Gasteiger partial charge on any atom is -0.308 e. The summed E-state index contributed by atoms with van der Waals surface area (Å²) in [5, 5.41) is 5.87. The maximum atomic E-state index is 5.65. The highest BCUT2D eigenvalue weighted by molar-refractivity contribution is 6.24. The molecule has 0 atom stereocenters. The number of H-pyrrole nitrogens is 1. The van der Waals surface area contributed by atoms with Crippen molar-refractivity contribution >= 4 is 60.5 Å². The molecule has 2 heterocycles. The number of aromatic nitrogens is 3. The minimum atomic E-state index is 0.949. The molecule has 0 spiro atoms. The van der Waals surface area contributed by atoms with E-state index in [1.165, 1.54) is 16.2 Å². The molecule has 0 amide bonds. The second-order valence-corrected chi connectivity index (χ2v) is 13.1. The molecule has 2 aromatic heterocycles. The van der Waals surface area contributed by atoms with Gasteiger partial charge in [-0.15, -0.1) is 0 Å². The van der Waals surface area contributed by atoms with Gasteiger partial charge in [0.15, 0.2) is 11.0 Å². The Hall–Kier alpha value is -7.04. The number of fused-ring (bicyclic) bond motifs is 6. The van der Waals surface area contributed by atoms with Crippen molar-refractivity contribution in [1.82, 2.24) is 9.97 Å². The van der Waals surface area contributed by atoms with Crippen LogP contribution in [-0.4, -0.2) is 9.97 Å². The number of para-hydroxylation sites is 6. The van der Waals surface area contributed by atoms with Crippen LogP contribution in [0.2, 0.25) is 0 Å². The van der Waals surface area contributed by atoms with Gasteiger partial charge in [-0.05, 0) is 77.5 Å². The lowest BCUT2D eigenvalue weighted by atomic mass is 9.94. The van der Waals surface area contributed by atoms with Gasteiger partial charge in [0.1, 0.15) is 5.69 Å². The predicted octanol–water partition coefficient (Wildman–Crippen LogP) is 12.1. The number of pyridine rings is 1. The topological polar surface area (TPSA) is 35.8 Å². The van der Waals surface area contributed by atoms with Gasteiger partial charge in [0.25, 0.3) is 5.82 Å². The third-order valence-electron chi connectivity index (χ3n) is 10.0. The molecule has 0 aliphatic heterocycles. The molecule has 4 heteroatoms. The van der Waals surface area contributed by atoms with Gasteiger partial charge in [0.2, 0.25) is 0 Å². The summed E-state index contributed by atoms with van der Waals surface area (Å²) in [4.78, 5) is 11.7. The number of aromatic amines is 1. The highest BCUT2D eigenvalue weighted by Crippen LogP contribution is 2.43. The molecule has 4 nitrogen and oxygen atoms in total. The van der Waals surface area contributed by atoms with Crippen molar-refractivity contribution in [3.63, 3.8) is 0 Å². The highest BCUT2D eigenvalue weighted by atomic mass is 15.1. The molecule has 10 rings (SSSR count). The van der Waals surface area contributed by atoms with Crippen molar-refractivity contribution in [1.29, 1.82) is 0 Å². The van der Waals surface area contributed by atoms with E-state index in [0.29, 0.717) is 0 Å².